The van der Waals surface area contributed by atoms with Gasteiger partial charge in [0.2, 0.25) is 0 Å². The van der Waals surface area contributed by atoms with Gasteiger partial charge < -0.3 is 10.2 Å². The van der Waals surface area contributed by atoms with Gasteiger partial charge in [-0.05, 0) is 25.6 Å². The third-order valence-electron chi connectivity index (χ3n) is 2.73. The monoisotopic (exact) mass is 243 g/mol. The highest BCUT2D eigenvalue weighted by atomic mass is 35.5. The average Bonchev–Trinajstić information content (AvgIpc) is 2.28. The molecule has 2 unspecified atom stereocenters. The highest BCUT2D eigenvalue weighted by molar-refractivity contribution is 6.31. The van der Waals surface area contributed by atoms with E-state index in [2.05, 4.69) is 0 Å². The van der Waals surface area contributed by atoms with Gasteiger partial charge in [0, 0.05) is 17.6 Å². The van der Waals surface area contributed by atoms with Crippen molar-refractivity contribution in [1.82, 2.24) is 4.90 Å². The lowest BCUT2D eigenvalue weighted by atomic mass is 10.1. The van der Waals surface area contributed by atoms with Crippen molar-refractivity contribution in [3.05, 3.63) is 34.9 Å². The number of likely N-dealkylation sites (N-methyl/N-ethyl adjacent to an activating group) is 1. The molecule has 0 radical (unpaired) electrons. The van der Waals surface area contributed by atoms with Crippen molar-refractivity contribution < 1.29 is 10.2 Å². The van der Waals surface area contributed by atoms with E-state index in [1.165, 1.54) is 0 Å². The van der Waals surface area contributed by atoms with E-state index in [1.807, 2.05) is 43.1 Å². The standard InChI is InChI=1S/C12H18ClNO2/c1-9(14(2)7-10(16)8-15)11-5-3-4-6-12(11)13/h3-6,9-10,15-16H,7-8H2,1-2H3. The quantitative estimate of drug-likeness (QED) is 0.827. The molecule has 16 heavy (non-hydrogen) atoms. The van der Waals surface area contributed by atoms with Gasteiger partial charge in [-0.25, -0.2) is 0 Å². The van der Waals surface area contributed by atoms with Crippen LogP contribution in [0.5, 0.6) is 0 Å². The summed E-state index contributed by atoms with van der Waals surface area (Å²) >= 11 is 6.10. The van der Waals surface area contributed by atoms with Crippen LogP contribution in [0, 0.1) is 0 Å². The van der Waals surface area contributed by atoms with Gasteiger partial charge >= 0.3 is 0 Å². The Morgan fingerprint density at radius 3 is 2.56 bits per heavy atom. The molecule has 2 N–H and O–H groups in total. The summed E-state index contributed by atoms with van der Waals surface area (Å²) in [5.74, 6) is 0. The SMILES string of the molecule is CC(c1ccccc1Cl)N(C)CC(O)CO. The average molecular weight is 244 g/mol. The molecule has 0 aliphatic carbocycles. The van der Waals surface area contributed by atoms with E-state index in [0.717, 1.165) is 10.6 Å². The second-order valence-corrected chi connectivity index (χ2v) is 4.38. The summed E-state index contributed by atoms with van der Waals surface area (Å²) < 4.78 is 0. The van der Waals surface area contributed by atoms with Crippen molar-refractivity contribution in [3.63, 3.8) is 0 Å². The normalized spacial score (nSPS) is 15.1. The van der Waals surface area contributed by atoms with Gasteiger partial charge in [0.15, 0.2) is 0 Å². The van der Waals surface area contributed by atoms with Crippen LogP contribution in [0.2, 0.25) is 5.02 Å². The highest BCUT2D eigenvalue weighted by Gasteiger charge is 2.16. The molecule has 0 aromatic heterocycles. The van der Waals surface area contributed by atoms with Gasteiger partial charge in [-0.3, -0.25) is 4.90 Å². The molecular formula is C12H18ClNO2. The lowest BCUT2D eigenvalue weighted by Gasteiger charge is -2.27. The van der Waals surface area contributed by atoms with E-state index < -0.39 is 6.10 Å². The number of hydrogen-bond donors (Lipinski definition) is 2. The first-order chi connectivity index (χ1) is 7.56. The number of hydrogen-bond acceptors (Lipinski definition) is 3. The number of nitrogens with zero attached hydrogens (tertiary/aromatic N) is 1. The number of rotatable bonds is 5. The van der Waals surface area contributed by atoms with Crippen molar-refractivity contribution in [1.29, 1.82) is 0 Å². The first-order valence-electron chi connectivity index (χ1n) is 5.29. The molecular weight excluding hydrogens is 226 g/mol. The Balaban J connectivity index is 2.70. The third kappa shape index (κ3) is 3.46. The van der Waals surface area contributed by atoms with Gasteiger partial charge in [0.25, 0.3) is 0 Å². The summed E-state index contributed by atoms with van der Waals surface area (Å²) in [5.41, 5.74) is 1.02. The zero-order valence-corrected chi connectivity index (χ0v) is 10.4. The number of aliphatic hydroxyl groups excluding tert-OH is 2. The second kappa shape index (κ2) is 6.21. The number of halogens is 1. The van der Waals surface area contributed by atoms with Crippen LogP contribution in [0.4, 0.5) is 0 Å². The Morgan fingerprint density at radius 1 is 1.38 bits per heavy atom. The summed E-state index contributed by atoms with van der Waals surface area (Å²) in [5, 5.41) is 18.9. The van der Waals surface area contributed by atoms with Crippen LogP contribution in [0.3, 0.4) is 0 Å². The van der Waals surface area contributed by atoms with Crippen LogP contribution in [0.25, 0.3) is 0 Å². The largest absolute Gasteiger partial charge is 0.394 e. The lowest BCUT2D eigenvalue weighted by Crippen LogP contribution is -2.33. The predicted molar refractivity (Wildman–Crippen MR) is 65.6 cm³/mol. The maximum atomic E-state index is 9.37. The summed E-state index contributed by atoms with van der Waals surface area (Å²) in [6, 6.07) is 7.75. The minimum atomic E-state index is -0.713. The summed E-state index contributed by atoms with van der Waals surface area (Å²) in [6.07, 6.45) is -0.713. The van der Waals surface area contributed by atoms with Crippen molar-refractivity contribution in [3.8, 4) is 0 Å². The van der Waals surface area contributed by atoms with E-state index in [-0.39, 0.29) is 12.6 Å². The van der Waals surface area contributed by atoms with Gasteiger partial charge in [0.05, 0.1) is 12.7 Å². The van der Waals surface area contributed by atoms with Crippen molar-refractivity contribution in [2.75, 3.05) is 20.2 Å². The fraction of sp³-hybridized carbons (Fsp3) is 0.500. The highest BCUT2D eigenvalue weighted by Crippen LogP contribution is 2.25. The molecule has 2 atom stereocenters. The van der Waals surface area contributed by atoms with Crippen LogP contribution in [-0.2, 0) is 0 Å². The topological polar surface area (TPSA) is 43.7 Å². The summed E-state index contributed by atoms with van der Waals surface area (Å²) in [4.78, 5) is 1.96. The van der Waals surface area contributed by atoms with E-state index in [9.17, 15) is 5.11 Å². The molecule has 90 valence electrons. The van der Waals surface area contributed by atoms with Crippen LogP contribution >= 0.6 is 11.6 Å². The van der Waals surface area contributed by atoms with Crippen LogP contribution in [0.15, 0.2) is 24.3 Å². The minimum absolute atomic E-state index is 0.106. The molecule has 3 nitrogen and oxygen atoms in total. The molecule has 0 amide bonds. The molecule has 0 aliphatic heterocycles. The van der Waals surface area contributed by atoms with Gasteiger partial charge in [-0.15, -0.1) is 0 Å². The lowest BCUT2D eigenvalue weighted by molar-refractivity contribution is 0.0566. The van der Waals surface area contributed by atoms with Crippen molar-refractivity contribution >= 4 is 11.6 Å². The van der Waals surface area contributed by atoms with Crippen LogP contribution in [0.1, 0.15) is 18.5 Å². The Hall–Kier alpha value is -0.610. The van der Waals surface area contributed by atoms with Crippen molar-refractivity contribution in [2.45, 2.75) is 19.1 Å². The maximum absolute atomic E-state index is 9.37. The van der Waals surface area contributed by atoms with E-state index in [1.54, 1.807) is 0 Å². The van der Waals surface area contributed by atoms with E-state index >= 15 is 0 Å². The van der Waals surface area contributed by atoms with E-state index in [0.29, 0.717) is 6.54 Å². The minimum Gasteiger partial charge on any atom is -0.394 e. The maximum Gasteiger partial charge on any atom is 0.0897 e. The molecule has 1 aromatic rings. The molecule has 4 heteroatoms. The summed E-state index contributed by atoms with van der Waals surface area (Å²) in [6.45, 7) is 2.22. The molecule has 0 saturated carbocycles. The molecule has 0 spiro atoms. The third-order valence-corrected chi connectivity index (χ3v) is 3.07. The Kier molecular flexibility index (Phi) is 5.22. The second-order valence-electron chi connectivity index (χ2n) is 3.97. The van der Waals surface area contributed by atoms with Crippen LogP contribution < -0.4 is 0 Å². The first kappa shape index (κ1) is 13.5. The Labute approximate surface area is 101 Å². The van der Waals surface area contributed by atoms with E-state index in [4.69, 9.17) is 16.7 Å². The molecule has 0 saturated heterocycles. The molecule has 1 rings (SSSR count). The summed E-state index contributed by atoms with van der Waals surface area (Å²) in [7, 11) is 1.90. The molecule has 0 heterocycles. The number of aliphatic hydroxyl groups is 2. The predicted octanol–water partition coefficient (Wildman–Crippen LogP) is 1.69. The van der Waals surface area contributed by atoms with Gasteiger partial charge in [0.1, 0.15) is 0 Å². The molecule has 0 aliphatic rings. The molecule has 0 bridgehead atoms. The molecule has 1 aromatic carbocycles. The first-order valence-corrected chi connectivity index (χ1v) is 5.67. The number of benzene rings is 1. The van der Waals surface area contributed by atoms with Crippen molar-refractivity contribution in [2.24, 2.45) is 0 Å². The zero-order chi connectivity index (χ0) is 12.1. The molecule has 0 fully saturated rings. The van der Waals surface area contributed by atoms with Gasteiger partial charge in [-0.2, -0.15) is 0 Å². The fourth-order valence-corrected chi connectivity index (χ4v) is 1.89. The fourth-order valence-electron chi connectivity index (χ4n) is 1.60. The Morgan fingerprint density at radius 2 is 2.00 bits per heavy atom. The van der Waals surface area contributed by atoms with Crippen LogP contribution in [-0.4, -0.2) is 41.4 Å². The van der Waals surface area contributed by atoms with Gasteiger partial charge in [-0.1, -0.05) is 29.8 Å². The Bertz CT molecular complexity index is 333. The zero-order valence-electron chi connectivity index (χ0n) is 9.60. The smallest absolute Gasteiger partial charge is 0.0897 e.